The number of likely N-dealkylation sites (N-methyl/N-ethyl adjacent to an activating group) is 1. The smallest absolute Gasteiger partial charge is 0.306 e. The number of ether oxygens (including phenoxy) is 3. The topological polar surface area (TPSA) is 124 Å². The molecule has 0 aromatic heterocycles. The number of carbonyl (C=O) groups excluding carboxylic acids is 2. The van der Waals surface area contributed by atoms with Crippen molar-refractivity contribution >= 4 is 19.8 Å². The quantitative estimate of drug-likeness (QED) is 0.0149. The summed E-state index contributed by atoms with van der Waals surface area (Å²) in [6.45, 7) is 4.03. The molecule has 1 aliphatic rings. The third kappa shape index (κ3) is 35.3. The van der Waals surface area contributed by atoms with Crippen molar-refractivity contribution in [3.05, 3.63) is 60.8 Å². The van der Waals surface area contributed by atoms with Gasteiger partial charge in [-0.25, -0.2) is 0 Å². The molecule has 0 radical (unpaired) electrons. The first-order valence-electron chi connectivity index (χ1n) is 22.1. The van der Waals surface area contributed by atoms with Gasteiger partial charge in [-0.05, 0) is 51.4 Å². The van der Waals surface area contributed by atoms with Gasteiger partial charge < -0.3 is 32.6 Å². The Morgan fingerprint density at radius 2 is 1.16 bits per heavy atom. The molecular weight excluding hydrogens is 741 g/mol. The monoisotopic (exact) mass is 822 g/mol. The third-order valence-corrected chi connectivity index (χ3v) is 10.5. The summed E-state index contributed by atoms with van der Waals surface area (Å²) in [4.78, 5) is 37.5. The van der Waals surface area contributed by atoms with E-state index in [4.69, 9.17) is 23.3 Å². The minimum Gasteiger partial charge on any atom is -0.756 e. The fraction of sp³-hybridized carbons (Fsp3) is 0.739. The van der Waals surface area contributed by atoms with Gasteiger partial charge in [0.1, 0.15) is 19.8 Å². The van der Waals surface area contributed by atoms with E-state index in [1.165, 1.54) is 64.2 Å². The minimum absolute atomic E-state index is 0.0477. The Morgan fingerprint density at radius 1 is 0.649 bits per heavy atom. The predicted octanol–water partition coefficient (Wildman–Crippen LogP) is 10.8. The van der Waals surface area contributed by atoms with Crippen LogP contribution < -0.4 is 4.89 Å². The van der Waals surface area contributed by atoms with Crippen molar-refractivity contribution in [2.45, 2.75) is 173 Å². The average Bonchev–Trinajstić information content (AvgIpc) is 3.93. The number of epoxide rings is 1. The van der Waals surface area contributed by atoms with Gasteiger partial charge in [-0.1, -0.05) is 152 Å². The van der Waals surface area contributed by atoms with Crippen molar-refractivity contribution in [2.75, 3.05) is 47.5 Å². The highest BCUT2D eigenvalue weighted by Crippen LogP contribution is 2.38. The van der Waals surface area contributed by atoms with Crippen LogP contribution in [0.4, 0.5) is 0 Å². The number of quaternary nitrogens is 1. The molecule has 328 valence electrons. The van der Waals surface area contributed by atoms with Crippen LogP contribution in [0.15, 0.2) is 60.8 Å². The maximum absolute atomic E-state index is 12.6. The number of hydrogen-bond acceptors (Lipinski definition) is 9. The lowest BCUT2D eigenvalue weighted by molar-refractivity contribution is -0.870. The Kier molecular flexibility index (Phi) is 31.9. The van der Waals surface area contributed by atoms with Crippen LogP contribution >= 0.6 is 7.82 Å². The minimum atomic E-state index is -4.65. The molecule has 0 saturated carbocycles. The molecule has 1 fully saturated rings. The van der Waals surface area contributed by atoms with Crippen molar-refractivity contribution in [1.82, 2.24) is 0 Å². The highest BCUT2D eigenvalue weighted by atomic mass is 31.2. The Balaban J connectivity index is 2.32. The molecule has 57 heavy (non-hydrogen) atoms. The SMILES string of the molecule is CCCCCCCCCCCCCCCC(=O)OCC(COP(=O)([O-])OCC[N+](C)(C)C)OC(=O)CC/C=C\C/C=C\C/C=C\C/C=C\C/C=C\CC1OC1CC. The number of phosphoric ester groups is 1. The van der Waals surface area contributed by atoms with Crippen LogP contribution in [0.1, 0.15) is 155 Å². The molecule has 0 bridgehead atoms. The molecule has 1 heterocycles. The second-order valence-corrected chi connectivity index (χ2v) is 17.5. The zero-order valence-electron chi connectivity index (χ0n) is 36.5. The number of carbonyl (C=O) groups is 2. The van der Waals surface area contributed by atoms with Crippen LogP contribution in [0.25, 0.3) is 0 Å². The van der Waals surface area contributed by atoms with E-state index in [1.54, 1.807) is 0 Å². The van der Waals surface area contributed by atoms with Gasteiger partial charge in [0.2, 0.25) is 0 Å². The molecule has 0 spiro atoms. The standard InChI is InChI=1S/C46H80NO9P/c1-6-8-9-10-11-12-13-17-21-24-27-30-33-36-45(48)52-40-42(41-54-57(50,51)53-39-38-47(3,4)5)55-46(49)37-34-31-28-25-22-19-16-14-15-18-20-23-26-29-32-35-44-43(7-2)56-44/h14-15,19-20,22-23,28-29,31-32,42-44H,6-13,16-18,21,24-27,30,33-41H2,1-5H3/b15-14-,22-19-,23-20-,31-28-,32-29-. The summed E-state index contributed by atoms with van der Waals surface area (Å²) in [5.74, 6) is -0.938. The van der Waals surface area contributed by atoms with Gasteiger partial charge in [-0.3, -0.25) is 14.2 Å². The maximum Gasteiger partial charge on any atom is 0.306 e. The van der Waals surface area contributed by atoms with Crippen molar-refractivity contribution in [3.63, 3.8) is 0 Å². The Morgan fingerprint density at radius 3 is 1.67 bits per heavy atom. The number of phosphoric acid groups is 1. The van der Waals surface area contributed by atoms with Gasteiger partial charge in [0.05, 0.1) is 40.0 Å². The summed E-state index contributed by atoms with van der Waals surface area (Å²) in [6.07, 6.45) is 43.1. The van der Waals surface area contributed by atoms with Gasteiger partial charge in [-0.2, -0.15) is 0 Å². The maximum atomic E-state index is 12.6. The summed E-state index contributed by atoms with van der Waals surface area (Å²) >= 11 is 0. The molecule has 1 saturated heterocycles. The molecule has 1 rings (SSSR count). The van der Waals surface area contributed by atoms with Gasteiger partial charge in [0.25, 0.3) is 7.82 Å². The number of unbranched alkanes of at least 4 members (excludes halogenated alkanes) is 12. The molecule has 4 atom stereocenters. The van der Waals surface area contributed by atoms with Crippen LogP contribution in [0, 0.1) is 0 Å². The first-order valence-corrected chi connectivity index (χ1v) is 23.6. The Labute approximate surface area is 347 Å². The van der Waals surface area contributed by atoms with Crippen LogP contribution in [-0.2, 0) is 37.4 Å². The molecule has 0 aromatic rings. The Hall–Kier alpha value is -2.33. The lowest BCUT2D eigenvalue weighted by Crippen LogP contribution is -2.37. The molecular formula is C46H80NO9P. The zero-order chi connectivity index (χ0) is 41.9. The number of rotatable bonds is 38. The highest BCUT2D eigenvalue weighted by molar-refractivity contribution is 7.45. The van der Waals surface area contributed by atoms with E-state index in [-0.39, 0.29) is 26.1 Å². The summed E-state index contributed by atoms with van der Waals surface area (Å²) in [5, 5.41) is 0. The highest BCUT2D eigenvalue weighted by Gasteiger charge is 2.35. The second-order valence-electron chi connectivity index (χ2n) is 16.1. The Bertz CT molecular complexity index is 1220. The lowest BCUT2D eigenvalue weighted by atomic mass is 10.0. The normalized spacial score (nSPS) is 17.7. The van der Waals surface area contributed by atoms with E-state index >= 15 is 0 Å². The number of allylic oxidation sites excluding steroid dienone is 9. The average molecular weight is 822 g/mol. The number of hydrogen-bond donors (Lipinski definition) is 0. The van der Waals surface area contributed by atoms with Crippen molar-refractivity contribution < 1.29 is 46.8 Å². The van der Waals surface area contributed by atoms with E-state index in [9.17, 15) is 19.0 Å². The van der Waals surface area contributed by atoms with E-state index in [0.29, 0.717) is 29.7 Å². The zero-order valence-corrected chi connectivity index (χ0v) is 37.4. The molecule has 0 amide bonds. The fourth-order valence-electron chi connectivity index (χ4n) is 5.92. The van der Waals surface area contributed by atoms with Crippen molar-refractivity contribution in [1.29, 1.82) is 0 Å². The van der Waals surface area contributed by atoms with E-state index in [1.807, 2.05) is 33.3 Å². The number of esters is 2. The van der Waals surface area contributed by atoms with Crippen LogP contribution in [0.5, 0.6) is 0 Å². The summed E-state index contributed by atoms with van der Waals surface area (Å²) < 4.78 is 39.3. The molecule has 11 heteroatoms. The molecule has 4 unspecified atom stereocenters. The van der Waals surface area contributed by atoms with E-state index in [2.05, 4.69) is 62.5 Å². The van der Waals surface area contributed by atoms with Gasteiger partial charge >= 0.3 is 11.9 Å². The number of nitrogens with zero attached hydrogens (tertiary/aromatic N) is 1. The van der Waals surface area contributed by atoms with Crippen LogP contribution in [0.2, 0.25) is 0 Å². The summed E-state index contributed by atoms with van der Waals surface area (Å²) in [6, 6.07) is 0. The second kappa shape index (κ2) is 34.5. The van der Waals surface area contributed by atoms with E-state index in [0.717, 1.165) is 57.8 Å². The van der Waals surface area contributed by atoms with Gasteiger partial charge in [-0.15, -0.1) is 0 Å². The first kappa shape index (κ1) is 52.7. The first-order chi connectivity index (χ1) is 27.5. The third-order valence-electron chi connectivity index (χ3n) is 9.54. The van der Waals surface area contributed by atoms with Crippen LogP contribution in [-0.4, -0.2) is 82.2 Å². The molecule has 10 nitrogen and oxygen atoms in total. The summed E-state index contributed by atoms with van der Waals surface area (Å²) in [5.41, 5.74) is 0. The summed E-state index contributed by atoms with van der Waals surface area (Å²) in [7, 11) is 1.11. The fourth-order valence-corrected chi connectivity index (χ4v) is 6.65. The van der Waals surface area contributed by atoms with Crippen LogP contribution in [0.3, 0.4) is 0 Å². The molecule has 0 aliphatic carbocycles. The van der Waals surface area contributed by atoms with E-state index < -0.39 is 32.5 Å². The molecule has 0 aromatic carbocycles. The van der Waals surface area contributed by atoms with Crippen molar-refractivity contribution in [3.8, 4) is 0 Å². The van der Waals surface area contributed by atoms with Gasteiger partial charge in [0, 0.05) is 12.8 Å². The lowest BCUT2D eigenvalue weighted by Gasteiger charge is -2.28. The molecule has 1 aliphatic heterocycles. The largest absolute Gasteiger partial charge is 0.756 e. The van der Waals surface area contributed by atoms with Gasteiger partial charge in [0.15, 0.2) is 6.10 Å². The molecule has 0 N–H and O–H groups in total. The van der Waals surface area contributed by atoms with Crippen molar-refractivity contribution in [2.24, 2.45) is 0 Å². The predicted molar refractivity (Wildman–Crippen MR) is 231 cm³/mol.